The third kappa shape index (κ3) is 3.43. The second-order valence-electron chi connectivity index (χ2n) is 6.35. The highest BCUT2D eigenvalue weighted by atomic mass is 79.9. The van der Waals surface area contributed by atoms with Crippen LogP contribution in [0, 0.1) is 0 Å². The molecule has 21 heavy (non-hydrogen) atoms. The lowest BCUT2D eigenvalue weighted by atomic mass is 10.1. The van der Waals surface area contributed by atoms with Crippen LogP contribution in [0.15, 0.2) is 22.7 Å². The van der Waals surface area contributed by atoms with E-state index in [-0.39, 0.29) is 0 Å². The molecule has 1 aliphatic carbocycles. The Hall–Kier alpha value is -0.580. The van der Waals surface area contributed by atoms with Gasteiger partial charge in [-0.1, -0.05) is 18.9 Å². The number of hydrogen-bond donors (Lipinski definition) is 1. The summed E-state index contributed by atoms with van der Waals surface area (Å²) >= 11 is 3.67. The average molecular weight is 353 g/mol. The highest BCUT2D eigenvalue weighted by Gasteiger charge is 2.26. The molecule has 1 N–H and O–H groups in total. The fraction of sp³-hybridized carbons (Fsp3) is 0.647. The molecule has 1 atom stereocenters. The van der Waals surface area contributed by atoms with Gasteiger partial charge in [0.15, 0.2) is 0 Å². The molecule has 1 heterocycles. The van der Waals surface area contributed by atoms with Gasteiger partial charge >= 0.3 is 0 Å². The van der Waals surface area contributed by atoms with Crippen molar-refractivity contribution in [2.24, 2.45) is 0 Å². The van der Waals surface area contributed by atoms with Crippen molar-refractivity contribution in [1.82, 2.24) is 4.90 Å². The third-order valence-corrected chi connectivity index (χ3v) is 5.59. The minimum Gasteiger partial charge on any atom is -0.389 e. The van der Waals surface area contributed by atoms with Gasteiger partial charge in [0.05, 0.1) is 11.8 Å². The number of nitrogens with zero attached hydrogens (tertiary/aromatic N) is 2. The number of benzene rings is 1. The molecule has 116 valence electrons. The van der Waals surface area contributed by atoms with E-state index in [4.69, 9.17) is 0 Å². The molecule has 1 saturated carbocycles. The molecule has 0 bridgehead atoms. The first-order valence-electron chi connectivity index (χ1n) is 8.11. The molecule has 0 spiro atoms. The number of aliphatic hydroxyl groups excluding tert-OH is 1. The lowest BCUT2D eigenvalue weighted by Crippen LogP contribution is -2.49. The maximum atomic E-state index is 9.66. The van der Waals surface area contributed by atoms with Crippen molar-refractivity contribution in [3.8, 4) is 0 Å². The molecular formula is C17H25BrN2O. The largest absolute Gasteiger partial charge is 0.389 e. The summed E-state index contributed by atoms with van der Waals surface area (Å²) in [5.74, 6) is 0. The number of piperazine rings is 1. The standard InChI is InChI=1S/C17H25BrN2O/c1-13(21)14-6-7-17(16(18)12-14)20-10-8-19(9-11-20)15-4-2-3-5-15/h6-7,12-13,15,21H,2-5,8-11H2,1H3/t13-/m1/s1. The first-order chi connectivity index (χ1) is 10.1. The summed E-state index contributed by atoms with van der Waals surface area (Å²) in [6.45, 7) is 6.36. The Labute approximate surface area is 136 Å². The van der Waals surface area contributed by atoms with E-state index in [1.165, 1.54) is 44.5 Å². The van der Waals surface area contributed by atoms with Crippen molar-refractivity contribution < 1.29 is 5.11 Å². The van der Waals surface area contributed by atoms with Crippen LogP contribution in [0.3, 0.4) is 0 Å². The highest BCUT2D eigenvalue weighted by Crippen LogP contribution is 2.31. The van der Waals surface area contributed by atoms with Crippen molar-refractivity contribution in [3.05, 3.63) is 28.2 Å². The topological polar surface area (TPSA) is 26.7 Å². The molecule has 0 amide bonds. The van der Waals surface area contributed by atoms with Crippen LogP contribution in [0.4, 0.5) is 5.69 Å². The van der Waals surface area contributed by atoms with Gasteiger partial charge in [0.2, 0.25) is 0 Å². The molecule has 1 aromatic carbocycles. The van der Waals surface area contributed by atoms with Crippen LogP contribution in [-0.4, -0.2) is 42.2 Å². The van der Waals surface area contributed by atoms with Gasteiger partial charge in [-0.25, -0.2) is 0 Å². The minimum atomic E-state index is -0.408. The average Bonchev–Trinajstić information content (AvgIpc) is 3.01. The maximum Gasteiger partial charge on any atom is 0.0762 e. The molecule has 3 rings (SSSR count). The predicted octanol–water partition coefficient (Wildman–Crippen LogP) is 3.57. The minimum absolute atomic E-state index is 0.408. The molecular weight excluding hydrogens is 328 g/mol. The monoisotopic (exact) mass is 352 g/mol. The van der Waals surface area contributed by atoms with Gasteiger partial charge in [-0.3, -0.25) is 4.90 Å². The molecule has 3 nitrogen and oxygen atoms in total. The number of hydrogen-bond acceptors (Lipinski definition) is 3. The number of rotatable bonds is 3. The summed E-state index contributed by atoms with van der Waals surface area (Å²) in [6, 6.07) is 7.06. The zero-order valence-corrected chi connectivity index (χ0v) is 14.3. The molecule has 1 aliphatic heterocycles. The van der Waals surface area contributed by atoms with Gasteiger partial charge in [-0.2, -0.15) is 0 Å². The van der Waals surface area contributed by atoms with E-state index in [0.717, 1.165) is 29.2 Å². The lowest BCUT2D eigenvalue weighted by molar-refractivity contribution is 0.187. The van der Waals surface area contributed by atoms with Crippen LogP contribution in [0.5, 0.6) is 0 Å². The molecule has 0 aromatic heterocycles. The quantitative estimate of drug-likeness (QED) is 0.900. The van der Waals surface area contributed by atoms with Crippen LogP contribution in [0.2, 0.25) is 0 Å². The highest BCUT2D eigenvalue weighted by molar-refractivity contribution is 9.10. The van der Waals surface area contributed by atoms with Gasteiger partial charge < -0.3 is 10.0 Å². The smallest absolute Gasteiger partial charge is 0.0762 e. The van der Waals surface area contributed by atoms with E-state index in [1.54, 1.807) is 0 Å². The van der Waals surface area contributed by atoms with Crippen LogP contribution in [0.25, 0.3) is 0 Å². The Morgan fingerprint density at radius 3 is 2.38 bits per heavy atom. The molecule has 1 saturated heterocycles. The van der Waals surface area contributed by atoms with Gasteiger partial charge in [0.1, 0.15) is 0 Å². The van der Waals surface area contributed by atoms with Crippen molar-refractivity contribution in [2.45, 2.75) is 44.8 Å². The van der Waals surface area contributed by atoms with Crippen LogP contribution in [-0.2, 0) is 0 Å². The lowest BCUT2D eigenvalue weighted by Gasteiger charge is -2.39. The van der Waals surface area contributed by atoms with E-state index in [9.17, 15) is 5.11 Å². The maximum absolute atomic E-state index is 9.66. The predicted molar refractivity (Wildman–Crippen MR) is 90.8 cm³/mol. The van der Waals surface area contributed by atoms with Crippen molar-refractivity contribution in [3.63, 3.8) is 0 Å². The van der Waals surface area contributed by atoms with Gasteiger partial charge in [0, 0.05) is 36.7 Å². The van der Waals surface area contributed by atoms with E-state index in [1.807, 2.05) is 19.1 Å². The summed E-state index contributed by atoms with van der Waals surface area (Å²) in [5, 5.41) is 9.66. The normalized spacial score (nSPS) is 22.7. The molecule has 2 fully saturated rings. The summed E-state index contributed by atoms with van der Waals surface area (Å²) < 4.78 is 1.09. The van der Waals surface area contributed by atoms with E-state index in [0.29, 0.717) is 0 Å². The van der Waals surface area contributed by atoms with Crippen molar-refractivity contribution in [1.29, 1.82) is 0 Å². The zero-order chi connectivity index (χ0) is 14.8. The molecule has 0 radical (unpaired) electrons. The second-order valence-corrected chi connectivity index (χ2v) is 7.20. The molecule has 0 unspecified atom stereocenters. The number of aliphatic hydroxyl groups is 1. The summed E-state index contributed by atoms with van der Waals surface area (Å²) in [5.41, 5.74) is 2.22. The van der Waals surface area contributed by atoms with Crippen LogP contribution < -0.4 is 4.90 Å². The van der Waals surface area contributed by atoms with Gasteiger partial charge in [-0.05, 0) is 53.4 Å². The Morgan fingerprint density at radius 2 is 1.81 bits per heavy atom. The summed E-state index contributed by atoms with van der Waals surface area (Å²) in [6.07, 6.45) is 5.21. The van der Waals surface area contributed by atoms with Crippen LogP contribution in [0.1, 0.15) is 44.3 Å². The molecule has 2 aliphatic rings. The molecule has 4 heteroatoms. The summed E-state index contributed by atoms with van der Waals surface area (Å²) in [4.78, 5) is 5.14. The van der Waals surface area contributed by atoms with Gasteiger partial charge in [-0.15, -0.1) is 0 Å². The Balaban J connectivity index is 1.63. The van der Waals surface area contributed by atoms with E-state index in [2.05, 4.69) is 31.8 Å². The van der Waals surface area contributed by atoms with E-state index < -0.39 is 6.10 Å². The fourth-order valence-corrected chi connectivity index (χ4v) is 4.28. The Morgan fingerprint density at radius 1 is 1.14 bits per heavy atom. The van der Waals surface area contributed by atoms with Gasteiger partial charge in [0.25, 0.3) is 0 Å². The second kappa shape index (κ2) is 6.67. The van der Waals surface area contributed by atoms with Crippen molar-refractivity contribution in [2.75, 3.05) is 31.1 Å². The SMILES string of the molecule is C[C@@H](O)c1ccc(N2CCN(C3CCCC3)CC2)c(Br)c1. The zero-order valence-electron chi connectivity index (χ0n) is 12.8. The first-order valence-corrected chi connectivity index (χ1v) is 8.91. The number of anilines is 1. The molecule has 1 aromatic rings. The van der Waals surface area contributed by atoms with Crippen molar-refractivity contribution >= 4 is 21.6 Å². The number of halogens is 1. The fourth-order valence-electron chi connectivity index (χ4n) is 3.64. The van der Waals surface area contributed by atoms with E-state index >= 15 is 0 Å². The first kappa shape index (κ1) is 15.3. The third-order valence-electron chi connectivity index (χ3n) is 4.95. The Bertz CT molecular complexity index is 478. The van der Waals surface area contributed by atoms with Crippen LogP contribution >= 0.6 is 15.9 Å². The Kier molecular flexibility index (Phi) is 4.87. The summed E-state index contributed by atoms with van der Waals surface area (Å²) in [7, 11) is 0.